The number of hydrogen-bond acceptors (Lipinski definition) is 2. The molecule has 0 spiro atoms. The quantitative estimate of drug-likeness (QED) is 0.296. The van der Waals surface area contributed by atoms with E-state index in [9.17, 15) is 4.79 Å². The van der Waals surface area contributed by atoms with Crippen molar-refractivity contribution >= 4 is 5.91 Å². The molecule has 0 bridgehead atoms. The molecule has 0 amide bonds. The van der Waals surface area contributed by atoms with Crippen molar-refractivity contribution in [2.75, 3.05) is 0 Å². The van der Waals surface area contributed by atoms with Crippen molar-refractivity contribution in [3.63, 3.8) is 0 Å². The van der Waals surface area contributed by atoms with Gasteiger partial charge in [-0.3, -0.25) is 4.79 Å². The van der Waals surface area contributed by atoms with Crippen LogP contribution in [0.2, 0.25) is 0 Å². The van der Waals surface area contributed by atoms with Gasteiger partial charge in [-0.05, 0) is 12.5 Å². The van der Waals surface area contributed by atoms with E-state index in [4.69, 9.17) is 0 Å². The molecule has 0 radical (unpaired) electrons. The number of carbonyl (C=O) groups excluding carboxylic acids is 1. The Hall–Kier alpha value is -1.90. The molecule has 0 fully saturated rings. The van der Waals surface area contributed by atoms with Crippen LogP contribution in [-0.4, -0.2) is 15.7 Å². The number of rotatable bonds is 15. The summed E-state index contributed by atoms with van der Waals surface area (Å²) in [6, 6.07) is 11.9. The predicted molar refractivity (Wildman–Crippen MR) is 119 cm³/mol. The Balaban J connectivity index is 1.47. The maximum Gasteiger partial charge on any atom is 0.246 e. The van der Waals surface area contributed by atoms with Crippen LogP contribution >= 0.6 is 0 Å². The van der Waals surface area contributed by atoms with Gasteiger partial charge in [-0.15, -0.1) is 0 Å². The minimum atomic E-state index is 0.102. The van der Waals surface area contributed by atoms with Crippen LogP contribution in [0.1, 0.15) is 102 Å². The van der Waals surface area contributed by atoms with Gasteiger partial charge in [-0.1, -0.05) is 114 Å². The minimum absolute atomic E-state index is 0.102. The highest BCUT2D eigenvalue weighted by atomic mass is 16.2. The second kappa shape index (κ2) is 14.1. The Kier molecular flexibility index (Phi) is 11.3. The van der Waals surface area contributed by atoms with Crippen molar-refractivity contribution in [3.8, 4) is 11.3 Å². The molecule has 0 N–H and O–H groups in total. The zero-order valence-electron chi connectivity index (χ0n) is 17.7. The molecule has 0 atom stereocenters. The number of hydrogen-bond donors (Lipinski definition) is 0. The van der Waals surface area contributed by atoms with Crippen molar-refractivity contribution in [1.29, 1.82) is 0 Å². The number of benzene rings is 1. The van der Waals surface area contributed by atoms with Gasteiger partial charge in [0, 0.05) is 18.2 Å². The first kappa shape index (κ1) is 22.4. The number of carbonyl (C=O) groups is 1. The molecule has 0 saturated carbocycles. The number of nitrogens with zero attached hydrogens (tertiary/aromatic N) is 2. The second-order valence-electron chi connectivity index (χ2n) is 7.90. The van der Waals surface area contributed by atoms with Crippen LogP contribution in [0.5, 0.6) is 0 Å². The fourth-order valence-electron chi connectivity index (χ4n) is 3.63. The monoisotopic (exact) mass is 382 g/mol. The van der Waals surface area contributed by atoms with Crippen molar-refractivity contribution in [2.45, 2.75) is 96.8 Å². The fraction of sp³-hybridized carbons (Fsp3) is 0.600. The minimum Gasteiger partial charge on any atom is -0.273 e. The third-order valence-corrected chi connectivity index (χ3v) is 5.41. The largest absolute Gasteiger partial charge is 0.273 e. The Morgan fingerprint density at radius 3 is 1.86 bits per heavy atom. The van der Waals surface area contributed by atoms with Crippen LogP contribution in [0.3, 0.4) is 0 Å². The molecule has 0 aliphatic rings. The molecular formula is C25H38N2O. The van der Waals surface area contributed by atoms with Crippen molar-refractivity contribution in [1.82, 2.24) is 9.78 Å². The van der Waals surface area contributed by atoms with E-state index in [0.717, 1.165) is 24.1 Å². The van der Waals surface area contributed by atoms with E-state index in [0.29, 0.717) is 6.42 Å². The van der Waals surface area contributed by atoms with Crippen LogP contribution in [0, 0.1) is 0 Å². The molecule has 154 valence electrons. The van der Waals surface area contributed by atoms with E-state index in [2.05, 4.69) is 12.0 Å². The Morgan fingerprint density at radius 1 is 0.750 bits per heavy atom. The van der Waals surface area contributed by atoms with Gasteiger partial charge in [-0.2, -0.15) is 5.10 Å². The van der Waals surface area contributed by atoms with Crippen LogP contribution < -0.4 is 0 Å². The highest BCUT2D eigenvalue weighted by molar-refractivity contribution is 5.78. The van der Waals surface area contributed by atoms with Crippen LogP contribution in [0.25, 0.3) is 11.3 Å². The van der Waals surface area contributed by atoms with Gasteiger partial charge in [-0.25, -0.2) is 4.68 Å². The average molecular weight is 383 g/mol. The fourth-order valence-corrected chi connectivity index (χ4v) is 3.63. The predicted octanol–water partition coefficient (Wildman–Crippen LogP) is 7.67. The average Bonchev–Trinajstić information content (AvgIpc) is 3.22. The molecule has 3 nitrogen and oxygen atoms in total. The Bertz CT molecular complexity index is 648. The highest BCUT2D eigenvalue weighted by Gasteiger charge is 2.08. The molecule has 0 aliphatic carbocycles. The third kappa shape index (κ3) is 8.86. The molecule has 1 heterocycles. The zero-order chi connectivity index (χ0) is 19.9. The van der Waals surface area contributed by atoms with Crippen LogP contribution in [-0.2, 0) is 0 Å². The zero-order valence-corrected chi connectivity index (χ0v) is 17.7. The lowest BCUT2D eigenvalue weighted by atomic mass is 10.0. The smallest absolute Gasteiger partial charge is 0.246 e. The van der Waals surface area contributed by atoms with Gasteiger partial charge < -0.3 is 0 Å². The molecule has 0 saturated heterocycles. The van der Waals surface area contributed by atoms with E-state index in [1.807, 2.05) is 36.4 Å². The summed E-state index contributed by atoms with van der Waals surface area (Å²) < 4.78 is 1.50. The van der Waals surface area contributed by atoms with Crippen LogP contribution in [0.4, 0.5) is 0 Å². The van der Waals surface area contributed by atoms with Gasteiger partial charge >= 0.3 is 0 Å². The number of unbranched alkanes of at least 4 members (excludes halogenated alkanes) is 12. The van der Waals surface area contributed by atoms with Gasteiger partial charge in [0.05, 0.1) is 5.69 Å². The van der Waals surface area contributed by atoms with Crippen molar-refractivity contribution < 1.29 is 4.79 Å². The first-order valence-corrected chi connectivity index (χ1v) is 11.5. The standard InChI is InChI=1S/C25H38N2O/c1-2-3-4-5-6-7-8-9-10-11-12-13-17-20-25(28)27-22-21-24(26-27)23-18-15-14-16-19-23/h14-16,18-19,21-22H,2-13,17,20H2,1H3. The van der Waals surface area contributed by atoms with E-state index >= 15 is 0 Å². The summed E-state index contributed by atoms with van der Waals surface area (Å²) in [5.74, 6) is 0.102. The summed E-state index contributed by atoms with van der Waals surface area (Å²) in [7, 11) is 0. The maximum absolute atomic E-state index is 12.3. The van der Waals surface area contributed by atoms with Crippen LogP contribution in [0.15, 0.2) is 42.6 Å². The summed E-state index contributed by atoms with van der Waals surface area (Å²) in [6.45, 7) is 2.27. The topological polar surface area (TPSA) is 34.9 Å². The molecule has 3 heteroatoms. The van der Waals surface area contributed by atoms with Gasteiger partial charge in [0.1, 0.15) is 0 Å². The van der Waals surface area contributed by atoms with E-state index in [1.54, 1.807) is 6.20 Å². The van der Waals surface area contributed by atoms with Gasteiger partial charge in [0.2, 0.25) is 5.91 Å². The second-order valence-corrected chi connectivity index (χ2v) is 7.90. The first-order valence-electron chi connectivity index (χ1n) is 11.5. The molecule has 2 aromatic rings. The molecule has 0 aliphatic heterocycles. The first-order chi connectivity index (χ1) is 13.8. The van der Waals surface area contributed by atoms with E-state index in [1.165, 1.54) is 75.3 Å². The summed E-state index contributed by atoms with van der Waals surface area (Å²) in [6.07, 6.45) is 19.6. The maximum atomic E-state index is 12.3. The SMILES string of the molecule is CCCCCCCCCCCCCCCC(=O)n1ccc(-c2ccccc2)n1. The third-order valence-electron chi connectivity index (χ3n) is 5.41. The van der Waals surface area contributed by atoms with E-state index < -0.39 is 0 Å². The molecule has 1 aromatic heterocycles. The molecule has 0 unspecified atom stereocenters. The van der Waals surface area contributed by atoms with E-state index in [-0.39, 0.29) is 5.91 Å². The normalized spacial score (nSPS) is 11.0. The Morgan fingerprint density at radius 2 is 1.29 bits per heavy atom. The molecule has 1 aromatic carbocycles. The lowest BCUT2D eigenvalue weighted by molar-refractivity contribution is 0.0883. The highest BCUT2D eigenvalue weighted by Crippen LogP contribution is 2.17. The molecule has 28 heavy (non-hydrogen) atoms. The summed E-state index contributed by atoms with van der Waals surface area (Å²) in [5, 5.41) is 4.43. The number of aromatic nitrogens is 2. The summed E-state index contributed by atoms with van der Waals surface area (Å²) in [4.78, 5) is 12.3. The summed E-state index contributed by atoms with van der Waals surface area (Å²) in [5.41, 5.74) is 1.91. The van der Waals surface area contributed by atoms with Gasteiger partial charge in [0.25, 0.3) is 0 Å². The lowest BCUT2D eigenvalue weighted by Crippen LogP contribution is -2.10. The molecule has 2 rings (SSSR count). The van der Waals surface area contributed by atoms with Crippen molar-refractivity contribution in [3.05, 3.63) is 42.6 Å². The lowest BCUT2D eigenvalue weighted by Gasteiger charge is -2.03. The Labute approximate surface area is 171 Å². The van der Waals surface area contributed by atoms with Crippen molar-refractivity contribution in [2.24, 2.45) is 0 Å². The van der Waals surface area contributed by atoms with Gasteiger partial charge in [0.15, 0.2) is 0 Å². The molecular weight excluding hydrogens is 344 g/mol. The summed E-state index contributed by atoms with van der Waals surface area (Å²) >= 11 is 0.